The number of anilines is 1. The molecule has 1 atom stereocenters. The molecule has 0 saturated carbocycles. The summed E-state index contributed by atoms with van der Waals surface area (Å²) in [5.74, 6) is 0. The molecule has 3 heterocycles. The highest BCUT2D eigenvalue weighted by Crippen LogP contribution is 2.37. The number of nitrogens with zero attached hydrogens (tertiary/aromatic N) is 3. The predicted octanol–water partition coefficient (Wildman–Crippen LogP) is 4.32. The van der Waals surface area contributed by atoms with Crippen molar-refractivity contribution >= 4 is 22.7 Å². The van der Waals surface area contributed by atoms with Gasteiger partial charge in [-0.15, -0.1) is 0 Å². The van der Waals surface area contributed by atoms with Crippen LogP contribution in [0.3, 0.4) is 0 Å². The Kier molecular flexibility index (Phi) is 3.97. The van der Waals surface area contributed by atoms with Crippen LogP contribution in [0, 0.1) is 0 Å². The molecular weight excluding hydrogens is 350 g/mol. The van der Waals surface area contributed by atoms with Crippen molar-refractivity contribution in [1.29, 1.82) is 0 Å². The largest absolute Gasteiger partial charge is 0.439 e. The Labute approximate surface area is 164 Å². The lowest BCUT2D eigenvalue weighted by Gasteiger charge is -2.40. The van der Waals surface area contributed by atoms with Gasteiger partial charge in [-0.3, -0.25) is 0 Å². The summed E-state index contributed by atoms with van der Waals surface area (Å²) >= 11 is 0. The first-order valence-electron chi connectivity index (χ1n) is 9.78. The Morgan fingerprint density at radius 3 is 2.61 bits per heavy atom. The fourth-order valence-corrected chi connectivity index (χ4v) is 4.48. The van der Waals surface area contributed by atoms with Crippen LogP contribution >= 0.6 is 0 Å². The van der Waals surface area contributed by atoms with Gasteiger partial charge in [-0.2, -0.15) is 0 Å². The van der Waals surface area contributed by atoms with Crippen molar-refractivity contribution in [3.63, 3.8) is 0 Å². The van der Waals surface area contributed by atoms with Crippen LogP contribution in [-0.2, 0) is 4.74 Å². The summed E-state index contributed by atoms with van der Waals surface area (Å²) in [6.45, 7) is 2.31. The molecule has 2 aliphatic rings. The quantitative estimate of drug-likeness (QED) is 0.671. The molecule has 2 aromatic carbocycles. The molecule has 1 aromatic heterocycles. The summed E-state index contributed by atoms with van der Waals surface area (Å²) in [6.07, 6.45) is 1.69. The molecule has 0 N–H and O–H groups in total. The minimum atomic E-state index is -0.415. The van der Waals surface area contributed by atoms with E-state index < -0.39 is 5.60 Å². The molecule has 3 aromatic rings. The van der Waals surface area contributed by atoms with E-state index in [1.807, 2.05) is 31.3 Å². The minimum absolute atomic E-state index is 0.216. The van der Waals surface area contributed by atoms with Crippen molar-refractivity contribution in [2.45, 2.75) is 18.4 Å². The molecule has 28 heavy (non-hydrogen) atoms. The number of piperidine rings is 1. The number of rotatable bonds is 2. The second-order valence-corrected chi connectivity index (χ2v) is 7.84. The van der Waals surface area contributed by atoms with E-state index in [1.54, 1.807) is 4.90 Å². The highest BCUT2D eigenvalue weighted by atomic mass is 16.6. The smallest absolute Gasteiger partial charge is 0.410 e. The van der Waals surface area contributed by atoms with E-state index >= 15 is 0 Å². The number of hydrogen-bond donors (Lipinski definition) is 0. The summed E-state index contributed by atoms with van der Waals surface area (Å²) in [5.41, 5.74) is 3.80. The number of para-hydroxylation sites is 1. The fraction of sp³-hybridized carbons (Fsp3) is 0.304. The summed E-state index contributed by atoms with van der Waals surface area (Å²) in [4.78, 5) is 21.0. The van der Waals surface area contributed by atoms with Gasteiger partial charge in [-0.1, -0.05) is 48.5 Å². The van der Waals surface area contributed by atoms with E-state index in [-0.39, 0.29) is 6.09 Å². The third-order valence-corrected chi connectivity index (χ3v) is 5.78. The molecule has 0 aliphatic carbocycles. The Morgan fingerprint density at radius 2 is 1.82 bits per heavy atom. The second-order valence-electron chi connectivity index (χ2n) is 7.84. The topological polar surface area (TPSA) is 45.7 Å². The van der Waals surface area contributed by atoms with Gasteiger partial charge in [-0.05, 0) is 25.0 Å². The molecule has 2 fully saturated rings. The number of carbonyl (C=O) groups excluding carboxylic acids is 1. The Balaban J connectivity index is 1.59. The standard InChI is InChI=1S/C23H23N3O2/c1-25-15-23(28-22(25)27)12-7-13-26(16-23)21-14-20(17-8-3-2-4-9-17)24-19-11-6-5-10-18(19)21/h2-6,8-11,14H,7,12-13,15-16H2,1H3/t23-/m1/s1. The van der Waals surface area contributed by atoms with Gasteiger partial charge in [0.25, 0.3) is 0 Å². The zero-order chi connectivity index (χ0) is 19.1. The van der Waals surface area contributed by atoms with Gasteiger partial charge in [-0.25, -0.2) is 9.78 Å². The SMILES string of the molecule is CN1C[C@@]2(CCCN(c3cc(-c4ccccc4)nc4ccccc34)C2)OC1=O. The Morgan fingerprint density at radius 1 is 1.04 bits per heavy atom. The van der Waals surface area contributed by atoms with Crippen molar-refractivity contribution < 1.29 is 9.53 Å². The molecular formula is C23H23N3O2. The highest BCUT2D eigenvalue weighted by Gasteiger charge is 2.46. The van der Waals surface area contributed by atoms with Gasteiger partial charge in [0.2, 0.25) is 0 Å². The van der Waals surface area contributed by atoms with Crippen LogP contribution in [-0.4, -0.2) is 48.3 Å². The lowest BCUT2D eigenvalue weighted by molar-refractivity contribution is 0.0448. The summed E-state index contributed by atoms with van der Waals surface area (Å²) in [6, 6.07) is 20.7. The molecule has 142 valence electrons. The number of carbonyl (C=O) groups is 1. The lowest BCUT2D eigenvalue weighted by Crippen LogP contribution is -2.50. The van der Waals surface area contributed by atoms with Gasteiger partial charge in [0, 0.05) is 30.2 Å². The van der Waals surface area contributed by atoms with Gasteiger partial charge in [0.05, 0.1) is 24.3 Å². The van der Waals surface area contributed by atoms with Crippen LogP contribution in [0.15, 0.2) is 60.7 Å². The molecule has 0 radical (unpaired) electrons. The maximum atomic E-state index is 12.0. The molecule has 1 amide bonds. The monoisotopic (exact) mass is 373 g/mol. The van der Waals surface area contributed by atoms with Crippen LogP contribution < -0.4 is 4.90 Å². The molecule has 0 unspecified atom stereocenters. The van der Waals surface area contributed by atoms with E-state index in [9.17, 15) is 4.79 Å². The first kappa shape index (κ1) is 17.0. The third kappa shape index (κ3) is 2.87. The molecule has 5 heteroatoms. The summed E-state index contributed by atoms with van der Waals surface area (Å²) in [5, 5.41) is 1.14. The van der Waals surface area contributed by atoms with Crippen molar-refractivity contribution in [2.75, 3.05) is 31.6 Å². The van der Waals surface area contributed by atoms with Crippen molar-refractivity contribution in [3.05, 3.63) is 60.7 Å². The van der Waals surface area contributed by atoms with Gasteiger partial charge in [0.15, 0.2) is 0 Å². The maximum absolute atomic E-state index is 12.0. The van der Waals surface area contributed by atoms with E-state index in [1.165, 1.54) is 0 Å². The molecule has 5 nitrogen and oxygen atoms in total. The molecule has 2 saturated heterocycles. The number of fused-ring (bicyclic) bond motifs is 1. The average Bonchev–Trinajstić information content (AvgIpc) is 3.00. The summed E-state index contributed by atoms with van der Waals surface area (Å²) in [7, 11) is 1.81. The van der Waals surface area contributed by atoms with Crippen LogP contribution in [0.5, 0.6) is 0 Å². The Hall–Kier alpha value is -3.08. The van der Waals surface area contributed by atoms with Crippen molar-refractivity contribution in [2.24, 2.45) is 0 Å². The number of hydrogen-bond acceptors (Lipinski definition) is 4. The third-order valence-electron chi connectivity index (χ3n) is 5.78. The van der Waals surface area contributed by atoms with E-state index in [0.29, 0.717) is 13.1 Å². The van der Waals surface area contributed by atoms with Crippen molar-refractivity contribution in [3.8, 4) is 11.3 Å². The van der Waals surface area contributed by atoms with Crippen LogP contribution in [0.4, 0.5) is 10.5 Å². The van der Waals surface area contributed by atoms with Gasteiger partial charge < -0.3 is 14.5 Å². The first-order valence-corrected chi connectivity index (χ1v) is 9.78. The molecule has 0 bridgehead atoms. The molecule has 1 spiro atoms. The van der Waals surface area contributed by atoms with Gasteiger partial charge >= 0.3 is 6.09 Å². The maximum Gasteiger partial charge on any atom is 0.410 e. The predicted molar refractivity (Wildman–Crippen MR) is 110 cm³/mol. The fourth-order valence-electron chi connectivity index (χ4n) is 4.48. The average molecular weight is 373 g/mol. The second kappa shape index (κ2) is 6.51. The summed E-state index contributed by atoms with van der Waals surface area (Å²) < 4.78 is 5.81. The zero-order valence-electron chi connectivity index (χ0n) is 16.0. The molecule has 5 rings (SSSR count). The minimum Gasteiger partial charge on any atom is -0.439 e. The number of benzene rings is 2. The molecule has 2 aliphatic heterocycles. The normalized spacial score (nSPS) is 22.1. The van der Waals surface area contributed by atoms with E-state index in [4.69, 9.17) is 9.72 Å². The number of pyridine rings is 1. The van der Waals surface area contributed by atoms with Crippen LogP contribution in [0.25, 0.3) is 22.2 Å². The lowest BCUT2D eigenvalue weighted by atomic mass is 9.92. The number of aromatic nitrogens is 1. The van der Waals surface area contributed by atoms with E-state index in [2.05, 4.69) is 41.3 Å². The van der Waals surface area contributed by atoms with E-state index in [0.717, 1.165) is 47.2 Å². The Bertz CT molecular complexity index is 1040. The van der Waals surface area contributed by atoms with Gasteiger partial charge in [0.1, 0.15) is 5.60 Å². The van der Waals surface area contributed by atoms with Crippen LogP contribution in [0.2, 0.25) is 0 Å². The number of ether oxygens (including phenoxy) is 1. The highest BCUT2D eigenvalue weighted by molar-refractivity contribution is 5.94. The van der Waals surface area contributed by atoms with Crippen LogP contribution in [0.1, 0.15) is 12.8 Å². The number of amides is 1. The zero-order valence-corrected chi connectivity index (χ0v) is 16.0. The number of likely N-dealkylation sites (N-methyl/N-ethyl adjacent to an activating group) is 1. The van der Waals surface area contributed by atoms with Crippen molar-refractivity contribution in [1.82, 2.24) is 9.88 Å². The first-order chi connectivity index (χ1) is 13.6.